The van der Waals surface area contributed by atoms with Gasteiger partial charge >= 0.3 is 0 Å². The third-order valence-corrected chi connectivity index (χ3v) is 8.46. The summed E-state index contributed by atoms with van der Waals surface area (Å²) in [5.41, 5.74) is 8.82. The number of hydrogen-bond donors (Lipinski definition) is 0. The maximum Gasteiger partial charge on any atom is 0.159 e. The second-order valence-corrected chi connectivity index (χ2v) is 10.9. The van der Waals surface area contributed by atoms with E-state index in [0.29, 0.717) is 0 Å². The quantitative estimate of drug-likeness (QED) is 0.218. The number of anilines is 3. The van der Waals surface area contributed by atoms with Crippen LogP contribution >= 0.6 is 0 Å². The average Bonchev–Trinajstić information content (AvgIpc) is 3.65. The van der Waals surface area contributed by atoms with Crippen molar-refractivity contribution < 1.29 is 8.83 Å². The van der Waals surface area contributed by atoms with E-state index in [9.17, 15) is 0 Å². The van der Waals surface area contributed by atoms with Crippen molar-refractivity contribution in [3.05, 3.63) is 152 Å². The Morgan fingerprint density at radius 3 is 1.95 bits per heavy atom. The zero-order valence-corrected chi connectivity index (χ0v) is 23.2. The molecule has 0 aliphatic rings. The van der Waals surface area contributed by atoms with Gasteiger partial charge in [0, 0.05) is 27.1 Å². The lowest BCUT2D eigenvalue weighted by molar-refractivity contribution is 0.668. The molecule has 0 saturated heterocycles. The molecule has 3 heteroatoms. The minimum Gasteiger partial charge on any atom is -0.456 e. The molecule has 0 unspecified atom stereocenters. The number of fused-ring (bicyclic) bond motifs is 8. The number of nitrogens with zero attached hydrogens (tertiary/aromatic N) is 1. The molecule has 0 saturated carbocycles. The minimum atomic E-state index is 0.849. The first kappa shape index (κ1) is 23.9. The molecule has 0 amide bonds. The van der Waals surface area contributed by atoms with Crippen molar-refractivity contribution in [1.29, 1.82) is 0 Å². The van der Waals surface area contributed by atoms with Crippen LogP contribution in [0.1, 0.15) is 0 Å². The van der Waals surface area contributed by atoms with Crippen LogP contribution in [-0.4, -0.2) is 0 Å². The lowest BCUT2D eigenvalue weighted by Crippen LogP contribution is -2.12. The Morgan fingerprint density at radius 2 is 1.02 bits per heavy atom. The fourth-order valence-electron chi connectivity index (χ4n) is 6.55. The van der Waals surface area contributed by atoms with E-state index in [0.717, 1.165) is 82.8 Å². The van der Waals surface area contributed by atoms with Crippen LogP contribution in [0.3, 0.4) is 0 Å². The molecule has 0 bridgehead atoms. The van der Waals surface area contributed by atoms with Gasteiger partial charge in [-0.2, -0.15) is 0 Å². The first-order valence-electron chi connectivity index (χ1n) is 14.5. The Morgan fingerprint density at radius 1 is 0.372 bits per heavy atom. The van der Waals surface area contributed by atoms with Crippen molar-refractivity contribution in [1.82, 2.24) is 0 Å². The van der Waals surface area contributed by atoms with Crippen molar-refractivity contribution in [2.75, 3.05) is 4.90 Å². The first-order chi connectivity index (χ1) is 21.3. The number of hydrogen-bond acceptors (Lipinski definition) is 3. The van der Waals surface area contributed by atoms with Crippen LogP contribution in [-0.2, 0) is 0 Å². The number of benzene rings is 7. The highest BCUT2D eigenvalue weighted by molar-refractivity contribution is 6.19. The summed E-state index contributed by atoms with van der Waals surface area (Å²) in [4.78, 5) is 2.35. The Hall–Kier alpha value is -5.80. The van der Waals surface area contributed by atoms with E-state index in [1.807, 2.05) is 18.2 Å². The SMILES string of the molecule is c1ccc(-c2ccccc2N(c2cccc3c2oc2c4ccccc4ccc32)c2cccc3oc4ccccc4c23)cc1. The smallest absolute Gasteiger partial charge is 0.159 e. The van der Waals surface area contributed by atoms with E-state index in [1.54, 1.807) is 0 Å². The summed E-state index contributed by atoms with van der Waals surface area (Å²) in [6.45, 7) is 0. The molecule has 202 valence electrons. The van der Waals surface area contributed by atoms with Gasteiger partial charge in [0.15, 0.2) is 5.58 Å². The average molecular weight is 552 g/mol. The lowest BCUT2D eigenvalue weighted by atomic mass is 10.0. The Labute approximate surface area is 247 Å². The topological polar surface area (TPSA) is 29.5 Å². The van der Waals surface area contributed by atoms with Crippen molar-refractivity contribution in [3.8, 4) is 11.1 Å². The van der Waals surface area contributed by atoms with E-state index in [-0.39, 0.29) is 0 Å². The second kappa shape index (κ2) is 9.37. The summed E-state index contributed by atoms with van der Waals surface area (Å²) in [5.74, 6) is 0. The predicted octanol–water partition coefficient (Wildman–Crippen LogP) is 11.8. The van der Waals surface area contributed by atoms with E-state index < -0.39 is 0 Å². The Kier molecular flexibility index (Phi) is 5.20. The lowest BCUT2D eigenvalue weighted by Gasteiger charge is -2.28. The molecule has 9 aromatic rings. The third-order valence-electron chi connectivity index (χ3n) is 8.46. The molecular formula is C40H25NO2. The van der Waals surface area contributed by atoms with Gasteiger partial charge < -0.3 is 13.7 Å². The molecule has 9 rings (SSSR count). The first-order valence-corrected chi connectivity index (χ1v) is 14.5. The second-order valence-electron chi connectivity index (χ2n) is 10.9. The zero-order valence-electron chi connectivity index (χ0n) is 23.2. The van der Waals surface area contributed by atoms with E-state index in [4.69, 9.17) is 8.83 Å². The molecule has 0 aliphatic heterocycles. The Bertz CT molecular complexity index is 2470. The summed E-state index contributed by atoms with van der Waals surface area (Å²) < 4.78 is 13.2. The largest absolute Gasteiger partial charge is 0.456 e. The van der Waals surface area contributed by atoms with Gasteiger partial charge in [-0.15, -0.1) is 0 Å². The van der Waals surface area contributed by atoms with Gasteiger partial charge in [0.25, 0.3) is 0 Å². The highest BCUT2D eigenvalue weighted by Gasteiger charge is 2.25. The van der Waals surface area contributed by atoms with E-state index >= 15 is 0 Å². The van der Waals surface area contributed by atoms with Crippen LogP contribution in [0.15, 0.2) is 160 Å². The summed E-state index contributed by atoms with van der Waals surface area (Å²) in [6.07, 6.45) is 0. The van der Waals surface area contributed by atoms with Crippen molar-refractivity contribution in [2.45, 2.75) is 0 Å². The minimum absolute atomic E-state index is 0.849. The molecule has 43 heavy (non-hydrogen) atoms. The van der Waals surface area contributed by atoms with Gasteiger partial charge in [0.1, 0.15) is 16.7 Å². The molecule has 2 heterocycles. The van der Waals surface area contributed by atoms with Crippen LogP contribution in [0.5, 0.6) is 0 Å². The standard InChI is InChI=1S/C40H25NO2/c1-2-12-26(13-3-1)28-15-6-8-19-33(28)41(34-20-11-23-37-38(34)32-17-7-9-22-36(32)42-37)35-21-10-18-30-31-25-24-27-14-4-5-16-29(27)39(31)43-40(30)35/h1-25H. The maximum atomic E-state index is 6.88. The van der Waals surface area contributed by atoms with Gasteiger partial charge in [-0.3, -0.25) is 0 Å². The fourth-order valence-corrected chi connectivity index (χ4v) is 6.55. The molecule has 3 nitrogen and oxygen atoms in total. The molecular weight excluding hydrogens is 526 g/mol. The van der Waals surface area contributed by atoms with Crippen LogP contribution in [0, 0.1) is 0 Å². The monoisotopic (exact) mass is 551 g/mol. The van der Waals surface area contributed by atoms with E-state index in [2.05, 4.69) is 138 Å². The highest BCUT2D eigenvalue weighted by Crippen LogP contribution is 2.49. The van der Waals surface area contributed by atoms with Gasteiger partial charge in [0.2, 0.25) is 0 Å². The molecule has 2 aromatic heterocycles. The molecule has 7 aromatic carbocycles. The molecule has 0 spiro atoms. The summed E-state index contributed by atoms with van der Waals surface area (Å²) in [6, 6.07) is 53.0. The highest BCUT2D eigenvalue weighted by atomic mass is 16.3. The van der Waals surface area contributed by atoms with Crippen molar-refractivity contribution in [3.63, 3.8) is 0 Å². The number of rotatable bonds is 4. The van der Waals surface area contributed by atoms with Gasteiger partial charge in [0.05, 0.1) is 22.4 Å². The normalized spacial score (nSPS) is 11.7. The van der Waals surface area contributed by atoms with Crippen molar-refractivity contribution >= 4 is 71.7 Å². The predicted molar refractivity (Wildman–Crippen MR) is 179 cm³/mol. The van der Waals surface area contributed by atoms with Crippen LogP contribution in [0.4, 0.5) is 17.1 Å². The molecule has 0 N–H and O–H groups in total. The molecule has 0 atom stereocenters. The summed E-state index contributed by atoms with van der Waals surface area (Å²) in [5, 5.41) is 6.62. The van der Waals surface area contributed by atoms with Gasteiger partial charge in [-0.1, -0.05) is 115 Å². The summed E-state index contributed by atoms with van der Waals surface area (Å²) >= 11 is 0. The molecule has 0 radical (unpaired) electrons. The van der Waals surface area contributed by atoms with Crippen molar-refractivity contribution in [2.24, 2.45) is 0 Å². The molecule has 0 fully saturated rings. The third kappa shape index (κ3) is 3.62. The van der Waals surface area contributed by atoms with E-state index in [1.165, 1.54) is 0 Å². The maximum absolute atomic E-state index is 6.88. The number of para-hydroxylation sites is 3. The molecule has 0 aliphatic carbocycles. The number of furan rings is 2. The van der Waals surface area contributed by atoms with Crippen LogP contribution < -0.4 is 4.90 Å². The van der Waals surface area contributed by atoms with Crippen LogP contribution in [0.2, 0.25) is 0 Å². The summed E-state index contributed by atoms with van der Waals surface area (Å²) in [7, 11) is 0. The fraction of sp³-hybridized carbons (Fsp3) is 0. The zero-order chi connectivity index (χ0) is 28.3. The Balaban J connectivity index is 1.42. The van der Waals surface area contributed by atoms with Crippen LogP contribution in [0.25, 0.3) is 65.8 Å². The van der Waals surface area contributed by atoms with Gasteiger partial charge in [-0.25, -0.2) is 0 Å². The van der Waals surface area contributed by atoms with Gasteiger partial charge in [-0.05, 0) is 47.3 Å².